The van der Waals surface area contributed by atoms with Gasteiger partial charge in [0.25, 0.3) is 5.91 Å². The number of hydrogen-bond donors (Lipinski definition) is 2. The van der Waals surface area contributed by atoms with E-state index >= 15 is 0 Å². The Bertz CT molecular complexity index is 554. The normalized spacial score (nSPS) is 15.6. The molecule has 0 spiro atoms. The van der Waals surface area contributed by atoms with Gasteiger partial charge in [-0.3, -0.25) is 4.79 Å². The molecule has 0 aromatic heterocycles. The number of phenolic OH excluding ortho intramolecular Hbond substituents is 1. The third-order valence-electron chi connectivity index (χ3n) is 3.27. The summed E-state index contributed by atoms with van der Waals surface area (Å²) in [7, 11) is 0. The van der Waals surface area contributed by atoms with Crippen LogP contribution in [0, 0.1) is 11.3 Å². The molecular weight excluding hydrogens is 254 g/mol. The van der Waals surface area contributed by atoms with Crippen molar-refractivity contribution in [3.05, 3.63) is 36.0 Å². The molecule has 0 atom stereocenters. The van der Waals surface area contributed by atoms with Crippen LogP contribution in [0.1, 0.15) is 19.3 Å². The summed E-state index contributed by atoms with van der Waals surface area (Å²) in [4.78, 5) is 13.9. The van der Waals surface area contributed by atoms with Crippen molar-refractivity contribution in [1.82, 2.24) is 4.90 Å². The number of nitrogens with one attached hydrogen (secondary N) is 1. The summed E-state index contributed by atoms with van der Waals surface area (Å²) in [6.07, 6.45) is 4.45. The molecule has 1 aromatic carbocycles. The highest BCUT2D eigenvalue weighted by atomic mass is 16.3. The lowest BCUT2D eigenvalue weighted by atomic mass is 10.1. The van der Waals surface area contributed by atoms with E-state index in [1.54, 1.807) is 23.1 Å². The molecule has 0 radical (unpaired) electrons. The second-order valence-corrected chi connectivity index (χ2v) is 4.68. The van der Waals surface area contributed by atoms with Gasteiger partial charge >= 0.3 is 0 Å². The number of anilines is 1. The molecule has 2 N–H and O–H groups in total. The van der Waals surface area contributed by atoms with Crippen molar-refractivity contribution >= 4 is 11.6 Å². The minimum atomic E-state index is -0.255. The second-order valence-electron chi connectivity index (χ2n) is 4.68. The number of likely N-dealkylation sites (tertiary alicyclic amines) is 1. The van der Waals surface area contributed by atoms with Crippen LogP contribution in [-0.4, -0.2) is 29.0 Å². The molecule has 5 heteroatoms. The zero-order chi connectivity index (χ0) is 14.4. The van der Waals surface area contributed by atoms with Gasteiger partial charge in [-0.1, -0.05) is 12.1 Å². The van der Waals surface area contributed by atoms with Crippen LogP contribution in [0.4, 0.5) is 5.69 Å². The first-order valence-electron chi connectivity index (χ1n) is 6.66. The van der Waals surface area contributed by atoms with Crippen LogP contribution >= 0.6 is 0 Å². The Kier molecular flexibility index (Phi) is 4.61. The SMILES string of the molecule is N#C/C(=C/Nc1ccccc1O)C(=O)N1CCCCC1. The molecule has 104 valence electrons. The van der Waals surface area contributed by atoms with E-state index in [1.807, 2.05) is 6.07 Å². The van der Waals surface area contributed by atoms with Gasteiger partial charge in [0.1, 0.15) is 17.4 Å². The number of amides is 1. The number of nitriles is 1. The zero-order valence-electron chi connectivity index (χ0n) is 11.2. The number of carbonyl (C=O) groups excluding carboxylic acids is 1. The summed E-state index contributed by atoms with van der Waals surface area (Å²) in [5.74, 6) is -0.179. The fraction of sp³-hybridized carbons (Fsp3) is 0.333. The molecule has 1 saturated heterocycles. The average Bonchev–Trinajstić information content (AvgIpc) is 2.50. The molecule has 20 heavy (non-hydrogen) atoms. The van der Waals surface area contributed by atoms with Gasteiger partial charge in [-0.25, -0.2) is 0 Å². The molecule has 0 aliphatic carbocycles. The Morgan fingerprint density at radius 2 is 2.00 bits per heavy atom. The Balaban J connectivity index is 2.08. The predicted octanol–water partition coefficient (Wildman–Crippen LogP) is 2.22. The van der Waals surface area contributed by atoms with Crippen LogP contribution in [0.2, 0.25) is 0 Å². The molecule has 1 heterocycles. The topological polar surface area (TPSA) is 76.4 Å². The minimum absolute atomic E-state index is 0.0511. The molecule has 0 bridgehead atoms. The van der Waals surface area contributed by atoms with Crippen molar-refractivity contribution in [1.29, 1.82) is 5.26 Å². The number of rotatable bonds is 3. The van der Waals surface area contributed by atoms with Gasteiger partial charge in [0, 0.05) is 19.3 Å². The fourth-order valence-electron chi connectivity index (χ4n) is 2.15. The van der Waals surface area contributed by atoms with E-state index in [-0.39, 0.29) is 17.2 Å². The Labute approximate surface area is 118 Å². The number of phenols is 1. The Morgan fingerprint density at radius 3 is 2.65 bits per heavy atom. The molecule has 1 amide bonds. The van der Waals surface area contributed by atoms with Gasteiger partial charge in [-0.05, 0) is 31.4 Å². The number of hydrogen-bond acceptors (Lipinski definition) is 4. The first-order valence-corrected chi connectivity index (χ1v) is 6.66. The maximum Gasteiger partial charge on any atom is 0.266 e. The highest BCUT2D eigenvalue weighted by Gasteiger charge is 2.20. The monoisotopic (exact) mass is 271 g/mol. The molecule has 1 aliphatic heterocycles. The molecule has 1 fully saturated rings. The predicted molar refractivity (Wildman–Crippen MR) is 75.9 cm³/mol. The lowest BCUT2D eigenvalue weighted by Gasteiger charge is -2.26. The number of benzene rings is 1. The van der Waals surface area contributed by atoms with Gasteiger partial charge in [-0.15, -0.1) is 0 Å². The summed E-state index contributed by atoms with van der Waals surface area (Å²) in [5.41, 5.74) is 0.516. The molecule has 1 aromatic rings. The van der Waals surface area contributed by atoms with Crippen molar-refractivity contribution in [2.24, 2.45) is 0 Å². The first kappa shape index (κ1) is 13.9. The van der Waals surface area contributed by atoms with E-state index in [2.05, 4.69) is 5.32 Å². The molecule has 5 nitrogen and oxygen atoms in total. The summed E-state index contributed by atoms with van der Waals surface area (Å²) in [5, 5.41) is 21.5. The third kappa shape index (κ3) is 3.29. The van der Waals surface area contributed by atoms with Crippen molar-refractivity contribution in [3.63, 3.8) is 0 Å². The van der Waals surface area contributed by atoms with E-state index in [0.29, 0.717) is 18.8 Å². The standard InChI is InChI=1S/C15H17N3O2/c16-10-12(15(20)18-8-4-1-5-9-18)11-17-13-6-2-3-7-14(13)19/h2-3,6-7,11,17,19H,1,4-5,8-9H2/b12-11-. The maximum atomic E-state index is 12.2. The van der Waals surface area contributed by atoms with E-state index in [0.717, 1.165) is 19.3 Å². The van der Waals surface area contributed by atoms with Gasteiger partial charge in [0.05, 0.1) is 5.69 Å². The summed E-state index contributed by atoms with van der Waals surface area (Å²) >= 11 is 0. The van der Waals surface area contributed by atoms with Gasteiger partial charge in [-0.2, -0.15) is 5.26 Å². The fourth-order valence-corrected chi connectivity index (χ4v) is 2.15. The second kappa shape index (κ2) is 6.62. The van der Waals surface area contributed by atoms with Crippen LogP contribution in [-0.2, 0) is 4.79 Å². The van der Waals surface area contributed by atoms with Crippen molar-refractivity contribution in [3.8, 4) is 11.8 Å². The van der Waals surface area contributed by atoms with Crippen LogP contribution in [0.15, 0.2) is 36.0 Å². The van der Waals surface area contributed by atoms with E-state index < -0.39 is 0 Å². The van der Waals surface area contributed by atoms with Crippen LogP contribution in [0.5, 0.6) is 5.75 Å². The molecule has 2 rings (SSSR count). The number of carbonyl (C=O) groups is 1. The van der Waals surface area contributed by atoms with Gasteiger partial charge in [0.15, 0.2) is 0 Å². The highest BCUT2D eigenvalue weighted by Crippen LogP contribution is 2.22. The third-order valence-corrected chi connectivity index (χ3v) is 3.27. The van der Waals surface area contributed by atoms with Crippen LogP contribution < -0.4 is 5.32 Å². The lowest BCUT2D eigenvalue weighted by Crippen LogP contribution is -2.36. The number of aromatic hydroxyl groups is 1. The summed E-state index contributed by atoms with van der Waals surface area (Å²) in [6, 6.07) is 8.58. The average molecular weight is 271 g/mol. The number of piperidine rings is 1. The largest absolute Gasteiger partial charge is 0.506 e. The van der Waals surface area contributed by atoms with Crippen molar-refractivity contribution in [2.75, 3.05) is 18.4 Å². The molecule has 1 aliphatic rings. The molecular formula is C15H17N3O2. The van der Waals surface area contributed by atoms with Crippen LogP contribution in [0.3, 0.4) is 0 Å². The molecule has 0 unspecified atom stereocenters. The molecule has 0 saturated carbocycles. The van der Waals surface area contributed by atoms with Crippen molar-refractivity contribution < 1.29 is 9.90 Å². The maximum absolute atomic E-state index is 12.2. The summed E-state index contributed by atoms with van der Waals surface area (Å²) in [6.45, 7) is 1.41. The lowest BCUT2D eigenvalue weighted by molar-refractivity contribution is -0.127. The van der Waals surface area contributed by atoms with Crippen molar-refractivity contribution in [2.45, 2.75) is 19.3 Å². The smallest absolute Gasteiger partial charge is 0.266 e. The van der Waals surface area contributed by atoms with E-state index in [4.69, 9.17) is 5.26 Å². The number of nitrogens with zero attached hydrogens (tertiary/aromatic N) is 2. The van der Waals surface area contributed by atoms with Crippen LogP contribution in [0.25, 0.3) is 0 Å². The summed E-state index contributed by atoms with van der Waals surface area (Å²) < 4.78 is 0. The van der Waals surface area contributed by atoms with Gasteiger partial charge in [0.2, 0.25) is 0 Å². The quantitative estimate of drug-likeness (QED) is 0.502. The Hall–Kier alpha value is -2.48. The highest BCUT2D eigenvalue weighted by molar-refractivity contribution is 5.97. The first-order chi connectivity index (χ1) is 9.72. The van der Waals surface area contributed by atoms with Gasteiger partial charge < -0.3 is 15.3 Å². The van der Waals surface area contributed by atoms with E-state index in [9.17, 15) is 9.90 Å². The Morgan fingerprint density at radius 1 is 1.30 bits per heavy atom. The minimum Gasteiger partial charge on any atom is -0.506 e. The number of para-hydroxylation sites is 2. The van der Waals surface area contributed by atoms with E-state index in [1.165, 1.54) is 12.3 Å². The zero-order valence-corrected chi connectivity index (χ0v) is 11.2.